The first-order chi connectivity index (χ1) is 14.1. The average Bonchev–Trinajstić information content (AvgIpc) is 3.37. The zero-order valence-corrected chi connectivity index (χ0v) is 18.5. The fourth-order valence-corrected chi connectivity index (χ4v) is 5.22. The number of benzene rings is 1. The maximum atomic E-state index is 13.2. The van der Waals surface area contributed by atoms with E-state index in [1.165, 1.54) is 22.7 Å². The standard InChI is InChI=1S/C20H22ClN3O3S2/c1-26-14-3-4-16-15(13-14)22-20(29-16)24(19(25)17-5-6-18(21)28-17)8-2-7-23-9-11-27-12-10-23/h3-6,13H,2,7-12H2,1H3. The van der Waals surface area contributed by atoms with E-state index in [1.54, 1.807) is 24.1 Å². The number of amides is 1. The number of morpholine rings is 1. The molecule has 6 nitrogen and oxygen atoms in total. The molecule has 1 aromatic carbocycles. The highest BCUT2D eigenvalue weighted by molar-refractivity contribution is 7.22. The maximum absolute atomic E-state index is 13.2. The minimum absolute atomic E-state index is 0.0603. The topological polar surface area (TPSA) is 54.9 Å². The predicted molar refractivity (Wildman–Crippen MR) is 119 cm³/mol. The largest absolute Gasteiger partial charge is 0.497 e. The first-order valence-electron chi connectivity index (χ1n) is 9.46. The monoisotopic (exact) mass is 451 g/mol. The molecule has 0 bridgehead atoms. The van der Waals surface area contributed by atoms with Crippen LogP contribution >= 0.6 is 34.3 Å². The fourth-order valence-electron chi connectivity index (χ4n) is 3.26. The first kappa shape index (κ1) is 20.6. The van der Waals surface area contributed by atoms with Crippen molar-refractivity contribution in [1.82, 2.24) is 9.88 Å². The van der Waals surface area contributed by atoms with Crippen molar-refractivity contribution in [3.05, 3.63) is 39.5 Å². The van der Waals surface area contributed by atoms with Gasteiger partial charge in [-0.25, -0.2) is 4.98 Å². The lowest BCUT2D eigenvalue weighted by atomic mass is 10.3. The summed E-state index contributed by atoms with van der Waals surface area (Å²) in [5, 5.41) is 0.699. The number of nitrogens with zero attached hydrogens (tertiary/aromatic N) is 3. The minimum Gasteiger partial charge on any atom is -0.497 e. The second kappa shape index (κ2) is 9.40. The van der Waals surface area contributed by atoms with E-state index in [1.807, 2.05) is 18.2 Å². The van der Waals surface area contributed by atoms with Crippen LogP contribution in [0.5, 0.6) is 5.75 Å². The van der Waals surface area contributed by atoms with Crippen LogP contribution in [-0.2, 0) is 4.74 Å². The Bertz CT molecular complexity index is 984. The Kier molecular flexibility index (Phi) is 6.67. The van der Waals surface area contributed by atoms with Crippen molar-refractivity contribution in [1.29, 1.82) is 0 Å². The molecule has 0 saturated carbocycles. The van der Waals surface area contributed by atoms with Crippen LogP contribution in [-0.4, -0.2) is 62.3 Å². The quantitative estimate of drug-likeness (QED) is 0.533. The van der Waals surface area contributed by atoms with Gasteiger partial charge in [-0.1, -0.05) is 22.9 Å². The summed E-state index contributed by atoms with van der Waals surface area (Å²) < 4.78 is 12.3. The number of fused-ring (bicyclic) bond motifs is 1. The van der Waals surface area contributed by atoms with E-state index in [0.29, 0.717) is 20.9 Å². The molecule has 0 atom stereocenters. The second-order valence-electron chi connectivity index (χ2n) is 6.70. The SMILES string of the molecule is COc1ccc2sc(N(CCCN3CCOCC3)C(=O)c3ccc(Cl)s3)nc2c1. The van der Waals surface area contributed by atoms with Crippen LogP contribution in [0.3, 0.4) is 0 Å². The van der Waals surface area contributed by atoms with Gasteiger partial charge in [-0.3, -0.25) is 14.6 Å². The summed E-state index contributed by atoms with van der Waals surface area (Å²) in [5.41, 5.74) is 0.833. The summed E-state index contributed by atoms with van der Waals surface area (Å²) in [4.78, 5) is 22.7. The van der Waals surface area contributed by atoms with Crippen molar-refractivity contribution in [2.24, 2.45) is 0 Å². The minimum atomic E-state index is -0.0603. The first-order valence-corrected chi connectivity index (χ1v) is 11.5. The Morgan fingerprint density at radius 2 is 2.10 bits per heavy atom. The van der Waals surface area contributed by atoms with Crippen LogP contribution in [0.2, 0.25) is 4.34 Å². The van der Waals surface area contributed by atoms with Crippen molar-refractivity contribution in [2.45, 2.75) is 6.42 Å². The van der Waals surface area contributed by atoms with Crippen molar-refractivity contribution >= 4 is 55.5 Å². The van der Waals surface area contributed by atoms with Crippen molar-refractivity contribution in [3.63, 3.8) is 0 Å². The Balaban J connectivity index is 1.56. The molecule has 1 aliphatic heterocycles. The summed E-state index contributed by atoms with van der Waals surface area (Å²) in [7, 11) is 1.64. The Labute approximate surface area is 182 Å². The lowest BCUT2D eigenvalue weighted by molar-refractivity contribution is 0.0376. The van der Waals surface area contributed by atoms with Gasteiger partial charge in [-0.2, -0.15) is 0 Å². The van der Waals surface area contributed by atoms with Gasteiger partial charge < -0.3 is 9.47 Å². The summed E-state index contributed by atoms with van der Waals surface area (Å²) >= 11 is 8.88. The van der Waals surface area contributed by atoms with Crippen molar-refractivity contribution < 1.29 is 14.3 Å². The molecule has 0 spiro atoms. The number of rotatable bonds is 7. The maximum Gasteiger partial charge on any atom is 0.270 e. The number of halogens is 1. The molecule has 1 fully saturated rings. The molecular formula is C20H22ClN3O3S2. The van der Waals surface area contributed by atoms with Gasteiger partial charge in [-0.05, 0) is 30.7 Å². The lowest BCUT2D eigenvalue weighted by Gasteiger charge is -2.27. The zero-order valence-electron chi connectivity index (χ0n) is 16.1. The normalized spacial score (nSPS) is 15.0. The predicted octanol–water partition coefficient (Wildman–Crippen LogP) is 4.39. The van der Waals surface area contributed by atoms with Crippen LogP contribution in [0, 0.1) is 0 Å². The van der Waals surface area contributed by atoms with E-state index < -0.39 is 0 Å². The molecule has 0 radical (unpaired) electrons. The van der Waals surface area contributed by atoms with E-state index >= 15 is 0 Å². The van der Waals surface area contributed by atoms with Gasteiger partial charge in [0.1, 0.15) is 5.75 Å². The highest BCUT2D eigenvalue weighted by Gasteiger charge is 2.23. The summed E-state index contributed by atoms with van der Waals surface area (Å²) in [5.74, 6) is 0.694. The molecule has 1 aliphatic rings. The van der Waals surface area contributed by atoms with E-state index in [-0.39, 0.29) is 5.91 Å². The highest BCUT2D eigenvalue weighted by atomic mass is 35.5. The number of thiazole rings is 1. The number of hydrogen-bond donors (Lipinski definition) is 0. The third-order valence-corrected chi connectivity index (χ3v) is 7.08. The van der Waals surface area contributed by atoms with Crippen molar-refractivity contribution in [3.8, 4) is 5.75 Å². The molecule has 29 heavy (non-hydrogen) atoms. The van der Waals surface area contributed by atoms with Gasteiger partial charge in [0.05, 0.1) is 39.8 Å². The van der Waals surface area contributed by atoms with E-state index in [9.17, 15) is 4.79 Å². The number of hydrogen-bond acceptors (Lipinski definition) is 7. The van der Waals surface area contributed by atoms with Gasteiger partial charge >= 0.3 is 0 Å². The van der Waals surface area contributed by atoms with Crippen LogP contribution in [0.15, 0.2) is 30.3 Å². The number of ether oxygens (including phenoxy) is 2. The zero-order chi connectivity index (χ0) is 20.2. The number of carbonyl (C=O) groups excluding carboxylic acids is 1. The molecular weight excluding hydrogens is 430 g/mol. The summed E-state index contributed by atoms with van der Waals surface area (Å²) in [6, 6.07) is 9.32. The molecule has 3 aromatic rings. The second-order valence-corrected chi connectivity index (χ2v) is 9.42. The molecule has 0 aliphatic carbocycles. The molecule has 1 saturated heterocycles. The lowest BCUT2D eigenvalue weighted by Crippen LogP contribution is -2.39. The summed E-state index contributed by atoms with van der Waals surface area (Å²) in [6.45, 7) is 4.95. The molecule has 0 unspecified atom stereocenters. The van der Waals surface area contributed by atoms with E-state index in [2.05, 4.69) is 4.90 Å². The third kappa shape index (κ3) is 4.90. The average molecular weight is 452 g/mol. The summed E-state index contributed by atoms with van der Waals surface area (Å²) in [6.07, 6.45) is 0.865. The van der Waals surface area contributed by atoms with Crippen LogP contribution in [0.1, 0.15) is 16.1 Å². The van der Waals surface area contributed by atoms with E-state index in [4.69, 9.17) is 26.1 Å². The van der Waals surface area contributed by atoms with Crippen LogP contribution in [0.25, 0.3) is 10.2 Å². The Morgan fingerprint density at radius 3 is 2.83 bits per heavy atom. The molecule has 2 aromatic heterocycles. The molecule has 4 rings (SSSR count). The van der Waals surface area contributed by atoms with Gasteiger partial charge in [0.15, 0.2) is 5.13 Å². The Morgan fingerprint density at radius 1 is 1.28 bits per heavy atom. The molecule has 1 amide bonds. The molecule has 154 valence electrons. The number of aromatic nitrogens is 1. The van der Waals surface area contributed by atoms with Crippen LogP contribution in [0.4, 0.5) is 5.13 Å². The van der Waals surface area contributed by atoms with Gasteiger partial charge in [0.25, 0.3) is 5.91 Å². The number of anilines is 1. The van der Waals surface area contributed by atoms with Gasteiger partial charge in [-0.15, -0.1) is 11.3 Å². The molecule has 0 N–H and O–H groups in total. The molecule has 3 heterocycles. The van der Waals surface area contributed by atoms with Crippen molar-refractivity contribution in [2.75, 3.05) is 51.4 Å². The highest BCUT2D eigenvalue weighted by Crippen LogP contribution is 2.33. The fraction of sp³-hybridized carbons (Fsp3) is 0.400. The third-order valence-electron chi connectivity index (χ3n) is 4.80. The number of methoxy groups -OCH3 is 1. The van der Waals surface area contributed by atoms with Crippen LogP contribution < -0.4 is 9.64 Å². The molecule has 9 heteroatoms. The van der Waals surface area contributed by atoms with E-state index in [0.717, 1.165) is 55.2 Å². The smallest absolute Gasteiger partial charge is 0.270 e. The number of thiophene rings is 1. The van der Waals surface area contributed by atoms with Gasteiger partial charge in [0.2, 0.25) is 0 Å². The van der Waals surface area contributed by atoms with Gasteiger partial charge in [0, 0.05) is 32.2 Å². The number of carbonyl (C=O) groups is 1. The Hall–Kier alpha value is -1.71.